The van der Waals surface area contributed by atoms with E-state index in [0.717, 1.165) is 44.6 Å². The molecule has 0 radical (unpaired) electrons. The van der Waals surface area contributed by atoms with Crippen LogP contribution in [0.1, 0.15) is 36.4 Å². The summed E-state index contributed by atoms with van der Waals surface area (Å²) in [5, 5.41) is 12.0. The molecule has 100 valence electrons. The van der Waals surface area contributed by atoms with E-state index in [1.54, 1.807) is 11.3 Å². The maximum absolute atomic E-state index is 10.5. The largest absolute Gasteiger partial charge is 0.481 e. The fourth-order valence-electron chi connectivity index (χ4n) is 2.43. The molecular weight excluding hydrogens is 248 g/mol. The van der Waals surface area contributed by atoms with Gasteiger partial charge in [-0.2, -0.15) is 0 Å². The van der Waals surface area contributed by atoms with Crippen LogP contribution in [0.5, 0.6) is 0 Å². The summed E-state index contributed by atoms with van der Waals surface area (Å²) in [6.45, 7) is 5.12. The summed E-state index contributed by atoms with van der Waals surface area (Å²) < 4.78 is 0. The SMILES string of the molecule is Cc1csc(CN2CCC(CCC(=O)O)CC2)n1. The first-order chi connectivity index (χ1) is 8.63. The van der Waals surface area contributed by atoms with Crippen molar-refractivity contribution >= 4 is 17.3 Å². The van der Waals surface area contributed by atoms with Gasteiger partial charge >= 0.3 is 5.97 Å². The zero-order valence-electron chi connectivity index (χ0n) is 10.8. The Morgan fingerprint density at radius 2 is 2.28 bits per heavy atom. The molecule has 0 bridgehead atoms. The van der Waals surface area contributed by atoms with E-state index in [9.17, 15) is 4.79 Å². The molecule has 4 nitrogen and oxygen atoms in total. The lowest BCUT2D eigenvalue weighted by Crippen LogP contribution is -2.33. The Balaban J connectivity index is 1.71. The number of carboxylic acid groups (broad SMARTS) is 1. The standard InChI is InChI=1S/C13H20N2O2S/c1-10-9-18-12(14-10)8-15-6-4-11(5-7-15)2-3-13(16)17/h9,11H,2-8H2,1H3,(H,16,17). The van der Waals surface area contributed by atoms with Gasteiger partial charge in [-0.15, -0.1) is 11.3 Å². The van der Waals surface area contributed by atoms with E-state index >= 15 is 0 Å². The third-order valence-electron chi connectivity index (χ3n) is 3.50. The molecule has 1 N–H and O–H groups in total. The molecule has 2 rings (SSSR count). The molecule has 1 aromatic rings. The lowest BCUT2D eigenvalue weighted by atomic mass is 9.92. The topological polar surface area (TPSA) is 53.4 Å². The van der Waals surface area contributed by atoms with Crippen LogP contribution in [-0.4, -0.2) is 34.0 Å². The number of piperidine rings is 1. The molecule has 0 aromatic carbocycles. The number of aromatic nitrogens is 1. The summed E-state index contributed by atoms with van der Waals surface area (Å²) in [5.74, 6) is -0.0777. The maximum atomic E-state index is 10.5. The van der Waals surface area contributed by atoms with Gasteiger partial charge in [-0.25, -0.2) is 4.98 Å². The predicted octanol–water partition coefficient (Wildman–Crippen LogP) is 2.53. The number of aryl methyl sites for hydroxylation is 1. The van der Waals surface area contributed by atoms with Crippen LogP contribution in [0.2, 0.25) is 0 Å². The highest BCUT2D eigenvalue weighted by atomic mass is 32.1. The van der Waals surface area contributed by atoms with Crippen LogP contribution in [0, 0.1) is 12.8 Å². The summed E-state index contributed by atoms with van der Waals surface area (Å²) in [4.78, 5) is 17.4. The fraction of sp³-hybridized carbons (Fsp3) is 0.692. The van der Waals surface area contributed by atoms with Crippen molar-refractivity contribution in [1.29, 1.82) is 0 Å². The molecule has 5 heteroatoms. The van der Waals surface area contributed by atoms with Gasteiger partial charge in [0.25, 0.3) is 0 Å². The van der Waals surface area contributed by atoms with Crippen molar-refractivity contribution in [2.24, 2.45) is 5.92 Å². The first-order valence-electron chi connectivity index (χ1n) is 6.48. The van der Waals surface area contributed by atoms with Crippen molar-refractivity contribution < 1.29 is 9.90 Å². The van der Waals surface area contributed by atoms with E-state index in [1.165, 1.54) is 5.01 Å². The number of carboxylic acids is 1. The fourth-order valence-corrected chi connectivity index (χ4v) is 3.24. The quantitative estimate of drug-likeness (QED) is 0.891. The molecule has 18 heavy (non-hydrogen) atoms. The minimum atomic E-state index is -0.671. The summed E-state index contributed by atoms with van der Waals surface area (Å²) in [6.07, 6.45) is 3.39. The number of likely N-dealkylation sites (tertiary alicyclic amines) is 1. The zero-order valence-corrected chi connectivity index (χ0v) is 11.6. The molecule has 1 aromatic heterocycles. The molecule has 0 spiro atoms. The number of hydrogen-bond acceptors (Lipinski definition) is 4. The Morgan fingerprint density at radius 1 is 1.56 bits per heavy atom. The van der Waals surface area contributed by atoms with Gasteiger partial charge in [-0.05, 0) is 45.2 Å². The minimum Gasteiger partial charge on any atom is -0.481 e. The molecule has 1 aliphatic heterocycles. The number of hydrogen-bond donors (Lipinski definition) is 1. The van der Waals surface area contributed by atoms with Crippen molar-refractivity contribution in [3.8, 4) is 0 Å². The van der Waals surface area contributed by atoms with Gasteiger partial charge in [-0.1, -0.05) is 0 Å². The highest BCUT2D eigenvalue weighted by Gasteiger charge is 2.20. The lowest BCUT2D eigenvalue weighted by molar-refractivity contribution is -0.137. The second kappa shape index (κ2) is 6.29. The van der Waals surface area contributed by atoms with E-state index in [0.29, 0.717) is 12.3 Å². The lowest BCUT2D eigenvalue weighted by Gasteiger charge is -2.31. The zero-order chi connectivity index (χ0) is 13.0. The number of carbonyl (C=O) groups is 1. The van der Waals surface area contributed by atoms with E-state index in [-0.39, 0.29) is 0 Å². The first-order valence-corrected chi connectivity index (χ1v) is 7.36. The molecule has 0 aliphatic carbocycles. The van der Waals surface area contributed by atoms with Gasteiger partial charge in [0, 0.05) is 17.5 Å². The van der Waals surface area contributed by atoms with Crippen molar-refractivity contribution in [3.63, 3.8) is 0 Å². The van der Waals surface area contributed by atoms with Crippen LogP contribution in [0.3, 0.4) is 0 Å². The summed E-state index contributed by atoms with van der Waals surface area (Å²) in [7, 11) is 0. The van der Waals surface area contributed by atoms with Crippen LogP contribution in [0.15, 0.2) is 5.38 Å². The molecular formula is C13H20N2O2S. The molecule has 1 fully saturated rings. The Morgan fingerprint density at radius 3 is 2.83 bits per heavy atom. The summed E-state index contributed by atoms with van der Waals surface area (Å²) in [6, 6.07) is 0. The molecule has 2 heterocycles. The second-order valence-electron chi connectivity index (χ2n) is 5.03. The average Bonchev–Trinajstić information content (AvgIpc) is 2.74. The van der Waals surface area contributed by atoms with Gasteiger partial charge in [0.2, 0.25) is 0 Å². The highest BCUT2D eigenvalue weighted by Crippen LogP contribution is 2.23. The van der Waals surface area contributed by atoms with Crippen molar-refractivity contribution in [1.82, 2.24) is 9.88 Å². The smallest absolute Gasteiger partial charge is 0.303 e. The maximum Gasteiger partial charge on any atom is 0.303 e. The summed E-state index contributed by atoms with van der Waals surface area (Å²) >= 11 is 1.73. The molecule has 0 atom stereocenters. The van der Waals surface area contributed by atoms with E-state index in [1.807, 2.05) is 6.92 Å². The predicted molar refractivity (Wildman–Crippen MR) is 71.7 cm³/mol. The van der Waals surface area contributed by atoms with E-state index < -0.39 is 5.97 Å². The highest BCUT2D eigenvalue weighted by molar-refractivity contribution is 7.09. The molecule has 0 unspecified atom stereocenters. The number of nitrogens with zero attached hydrogens (tertiary/aromatic N) is 2. The molecule has 0 amide bonds. The van der Waals surface area contributed by atoms with Gasteiger partial charge < -0.3 is 5.11 Å². The van der Waals surface area contributed by atoms with Gasteiger partial charge in [0.1, 0.15) is 5.01 Å². The van der Waals surface area contributed by atoms with Crippen LogP contribution in [0.4, 0.5) is 0 Å². The first kappa shape index (κ1) is 13.5. The van der Waals surface area contributed by atoms with Crippen LogP contribution >= 0.6 is 11.3 Å². The molecule has 1 aliphatic rings. The number of aliphatic carboxylic acids is 1. The second-order valence-corrected chi connectivity index (χ2v) is 5.98. The van der Waals surface area contributed by atoms with E-state index in [4.69, 9.17) is 5.11 Å². The average molecular weight is 268 g/mol. The van der Waals surface area contributed by atoms with Crippen LogP contribution < -0.4 is 0 Å². The number of thiazole rings is 1. The van der Waals surface area contributed by atoms with Crippen LogP contribution in [0.25, 0.3) is 0 Å². The Kier molecular flexibility index (Phi) is 4.72. The third kappa shape index (κ3) is 4.07. The molecule has 0 saturated carbocycles. The van der Waals surface area contributed by atoms with E-state index in [2.05, 4.69) is 15.3 Å². The van der Waals surface area contributed by atoms with Gasteiger partial charge in [0.15, 0.2) is 0 Å². The number of rotatable bonds is 5. The van der Waals surface area contributed by atoms with Crippen molar-refractivity contribution in [2.75, 3.05) is 13.1 Å². The van der Waals surface area contributed by atoms with Gasteiger partial charge in [0.05, 0.1) is 6.54 Å². The van der Waals surface area contributed by atoms with Crippen molar-refractivity contribution in [2.45, 2.75) is 39.2 Å². The third-order valence-corrected chi connectivity index (χ3v) is 4.45. The Bertz CT molecular complexity index is 397. The van der Waals surface area contributed by atoms with Gasteiger partial charge in [-0.3, -0.25) is 9.69 Å². The normalized spacial score (nSPS) is 18.1. The molecule has 1 saturated heterocycles. The van der Waals surface area contributed by atoms with Crippen molar-refractivity contribution in [3.05, 3.63) is 16.1 Å². The minimum absolute atomic E-state index is 0.316. The monoisotopic (exact) mass is 268 g/mol. The Hall–Kier alpha value is -0.940. The Labute approximate surface area is 112 Å². The van der Waals surface area contributed by atoms with Crippen LogP contribution in [-0.2, 0) is 11.3 Å². The summed E-state index contributed by atoms with van der Waals surface area (Å²) in [5.41, 5.74) is 1.10.